The fourth-order valence-electron chi connectivity index (χ4n) is 3.27. The molecule has 3 rings (SSSR count). The number of fused-ring (bicyclic) bond motifs is 1. The number of hydrogen-bond donors (Lipinski definition) is 0. The summed E-state index contributed by atoms with van der Waals surface area (Å²) >= 11 is 3.50. The fourth-order valence-corrected chi connectivity index (χ4v) is 3.61. The monoisotopic (exact) mass is 396 g/mol. The van der Waals surface area contributed by atoms with Crippen LogP contribution in [0.5, 0.6) is 5.75 Å². The molecular formula is C18H25BrN2O3. The quantitative estimate of drug-likeness (QED) is 0.723. The molecule has 0 aliphatic carbocycles. The smallest absolute Gasteiger partial charge is 0.410 e. The van der Waals surface area contributed by atoms with Gasteiger partial charge in [0.25, 0.3) is 0 Å². The van der Waals surface area contributed by atoms with Gasteiger partial charge in [0, 0.05) is 48.7 Å². The minimum absolute atomic E-state index is 0.210. The fraction of sp³-hybridized carbons (Fsp3) is 0.611. The number of amides is 1. The molecule has 1 unspecified atom stereocenters. The summed E-state index contributed by atoms with van der Waals surface area (Å²) in [5.41, 5.74) is 0.802. The molecule has 1 saturated heterocycles. The molecule has 24 heavy (non-hydrogen) atoms. The lowest BCUT2D eigenvalue weighted by molar-refractivity contribution is 0.00778. The number of halogens is 1. The van der Waals surface area contributed by atoms with Gasteiger partial charge in [0.2, 0.25) is 0 Å². The Morgan fingerprint density at radius 2 is 1.96 bits per heavy atom. The van der Waals surface area contributed by atoms with Crippen molar-refractivity contribution in [2.45, 2.75) is 38.8 Å². The third kappa shape index (κ3) is 4.03. The Morgan fingerprint density at radius 3 is 2.62 bits per heavy atom. The zero-order valence-corrected chi connectivity index (χ0v) is 16.1. The van der Waals surface area contributed by atoms with Gasteiger partial charge in [-0.2, -0.15) is 0 Å². The van der Waals surface area contributed by atoms with Gasteiger partial charge in [-0.3, -0.25) is 4.90 Å². The highest BCUT2D eigenvalue weighted by Gasteiger charge is 2.32. The van der Waals surface area contributed by atoms with Crippen LogP contribution in [0.2, 0.25) is 0 Å². The molecule has 1 aromatic rings. The van der Waals surface area contributed by atoms with E-state index in [4.69, 9.17) is 9.47 Å². The molecule has 1 fully saturated rings. The molecule has 2 aliphatic rings. The van der Waals surface area contributed by atoms with Gasteiger partial charge in [-0.15, -0.1) is 0 Å². The van der Waals surface area contributed by atoms with Crippen LogP contribution in [-0.2, 0) is 4.74 Å². The maximum atomic E-state index is 12.2. The van der Waals surface area contributed by atoms with Crippen LogP contribution < -0.4 is 4.74 Å². The third-order valence-electron chi connectivity index (χ3n) is 4.39. The summed E-state index contributed by atoms with van der Waals surface area (Å²) in [6, 6.07) is 6.61. The SMILES string of the molecule is CC(C)(C)OC(=O)N1CCN(C2CCOc3cc(Br)ccc32)CC1. The van der Waals surface area contributed by atoms with Gasteiger partial charge in [0.1, 0.15) is 11.4 Å². The molecule has 5 nitrogen and oxygen atoms in total. The largest absolute Gasteiger partial charge is 0.493 e. The molecule has 0 saturated carbocycles. The van der Waals surface area contributed by atoms with E-state index in [-0.39, 0.29) is 6.09 Å². The van der Waals surface area contributed by atoms with Crippen LogP contribution in [0.15, 0.2) is 22.7 Å². The molecular weight excluding hydrogens is 372 g/mol. The zero-order valence-electron chi connectivity index (χ0n) is 14.5. The van der Waals surface area contributed by atoms with Crippen molar-refractivity contribution in [2.24, 2.45) is 0 Å². The van der Waals surface area contributed by atoms with Gasteiger partial charge in [-0.05, 0) is 32.9 Å². The van der Waals surface area contributed by atoms with Gasteiger partial charge in [-0.25, -0.2) is 4.79 Å². The molecule has 0 radical (unpaired) electrons. The minimum atomic E-state index is -0.443. The van der Waals surface area contributed by atoms with E-state index < -0.39 is 5.60 Å². The average Bonchev–Trinajstić information content (AvgIpc) is 2.52. The van der Waals surface area contributed by atoms with E-state index in [9.17, 15) is 4.79 Å². The highest BCUT2D eigenvalue weighted by molar-refractivity contribution is 9.10. The number of rotatable bonds is 1. The van der Waals surface area contributed by atoms with Crippen molar-refractivity contribution in [3.8, 4) is 5.75 Å². The molecule has 6 heteroatoms. The van der Waals surface area contributed by atoms with Crippen LogP contribution in [0.25, 0.3) is 0 Å². The number of piperazine rings is 1. The number of nitrogens with zero attached hydrogens (tertiary/aromatic N) is 2. The lowest BCUT2D eigenvalue weighted by Gasteiger charge is -2.41. The maximum absolute atomic E-state index is 12.2. The summed E-state index contributed by atoms with van der Waals surface area (Å²) in [5, 5.41) is 0. The Hall–Kier alpha value is -1.27. The van der Waals surface area contributed by atoms with Crippen LogP contribution in [0, 0.1) is 0 Å². The van der Waals surface area contributed by atoms with Crippen molar-refractivity contribution < 1.29 is 14.3 Å². The van der Waals surface area contributed by atoms with Crippen molar-refractivity contribution in [3.05, 3.63) is 28.2 Å². The van der Waals surface area contributed by atoms with Crippen molar-refractivity contribution in [1.82, 2.24) is 9.80 Å². The number of ether oxygens (including phenoxy) is 2. The molecule has 1 aromatic carbocycles. The third-order valence-corrected chi connectivity index (χ3v) is 4.88. The van der Waals surface area contributed by atoms with Crippen molar-refractivity contribution in [3.63, 3.8) is 0 Å². The number of carbonyl (C=O) groups is 1. The van der Waals surface area contributed by atoms with E-state index in [0.29, 0.717) is 19.1 Å². The summed E-state index contributed by atoms with van der Waals surface area (Å²) in [6.45, 7) is 9.57. The van der Waals surface area contributed by atoms with Gasteiger partial charge < -0.3 is 14.4 Å². The van der Waals surface area contributed by atoms with Gasteiger partial charge in [-0.1, -0.05) is 22.0 Å². The van der Waals surface area contributed by atoms with Gasteiger partial charge >= 0.3 is 6.09 Å². The number of hydrogen-bond acceptors (Lipinski definition) is 4. The second-order valence-electron chi connectivity index (χ2n) is 7.34. The van der Waals surface area contributed by atoms with E-state index in [1.54, 1.807) is 0 Å². The van der Waals surface area contributed by atoms with E-state index in [1.807, 2.05) is 31.7 Å². The highest BCUT2D eigenvalue weighted by Crippen LogP contribution is 2.37. The van der Waals surface area contributed by atoms with E-state index in [0.717, 1.165) is 36.3 Å². The molecule has 2 aliphatic heterocycles. The van der Waals surface area contributed by atoms with Crippen LogP contribution in [-0.4, -0.2) is 54.3 Å². The first-order valence-corrected chi connectivity index (χ1v) is 9.27. The Kier molecular flexibility index (Phi) is 5.06. The second kappa shape index (κ2) is 6.92. The normalized spacial score (nSPS) is 21.8. The predicted molar refractivity (Wildman–Crippen MR) is 96.4 cm³/mol. The molecule has 0 aromatic heterocycles. The van der Waals surface area contributed by atoms with Crippen molar-refractivity contribution in [1.29, 1.82) is 0 Å². The minimum Gasteiger partial charge on any atom is -0.493 e. The predicted octanol–water partition coefficient (Wildman–Crippen LogP) is 3.83. The molecule has 0 bridgehead atoms. The van der Waals surface area contributed by atoms with Gasteiger partial charge in [0.05, 0.1) is 6.61 Å². The molecule has 2 heterocycles. The number of benzene rings is 1. The summed E-state index contributed by atoms with van der Waals surface area (Å²) in [6.07, 6.45) is 0.777. The van der Waals surface area contributed by atoms with Crippen LogP contribution in [0.1, 0.15) is 38.8 Å². The van der Waals surface area contributed by atoms with Crippen molar-refractivity contribution >= 4 is 22.0 Å². The summed E-state index contributed by atoms with van der Waals surface area (Å²) in [5.74, 6) is 0.968. The van der Waals surface area contributed by atoms with E-state index >= 15 is 0 Å². The summed E-state index contributed by atoms with van der Waals surface area (Å²) in [7, 11) is 0. The Morgan fingerprint density at radius 1 is 1.25 bits per heavy atom. The summed E-state index contributed by atoms with van der Waals surface area (Å²) in [4.78, 5) is 16.5. The van der Waals surface area contributed by atoms with Gasteiger partial charge in [0.15, 0.2) is 0 Å². The molecule has 1 amide bonds. The lowest BCUT2D eigenvalue weighted by atomic mass is 9.98. The lowest BCUT2D eigenvalue weighted by Crippen LogP contribution is -2.51. The standard InChI is InChI=1S/C18H25BrN2O3/c1-18(2,3)24-17(22)21-9-7-20(8-10-21)15-6-11-23-16-12-13(19)4-5-14(15)16/h4-5,12,15H,6-11H2,1-3H3. The molecule has 132 valence electrons. The van der Waals surface area contributed by atoms with Crippen LogP contribution in [0.3, 0.4) is 0 Å². The van der Waals surface area contributed by atoms with E-state index in [1.165, 1.54) is 5.56 Å². The molecule has 0 N–H and O–H groups in total. The van der Waals surface area contributed by atoms with Crippen molar-refractivity contribution in [2.75, 3.05) is 32.8 Å². The summed E-state index contributed by atoms with van der Waals surface area (Å²) < 4.78 is 12.3. The first-order valence-electron chi connectivity index (χ1n) is 8.48. The number of carbonyl (C=O) groups excluding carboxylic acids is 1. The molecule has 0 spiro atoms. The van der Waals surface area contributed by atoms with E-state index in [2.05, 4.69) is 33.0 Å². The first kappa shape index (κ1) is 17.5. The molecule has 1 atom stereocenters. The Bertz CT molecular complexity index is 607. The topological polar surface area (TPSA) is 42.0 Å². The second-order valence-corrected chi connectivity index (χ2v) is 8.25. The maximum Gasteiger partial charge on any atom is 0.410 e. The zero-order chi connectivity index (χ0) is 17.3. The van der Waals surface area contributed by atoms with Crippen LogP contribution >= 0.6 is 15.9 Å². The Balaban J connectivity index is 1.63. The Labute approximate surface area is 152 Å². The highest BCUT2D eigenvalue weighted by atomic mass is 79.9. The average molecular weight is 397 g/mol. The van der Waals surface area contributed by atoms with Crippen LogP contribution in [0.4, 0.5) is 4.79 Å². The first-order chi connectivity index (χ1) is 11.3.